The van der Waals surface area contributed by atoms with Gasteiger partial charge in [0.2, 0.25) is 0 Å². The van der Waals surface area contributed by atoms with Gasteiger partial charge in [-0.2, -0.15) is 0 Å². The normalized spacial score (nSPS) is 17.1. The molecule has 0 saturated heterocycles. The summed E-state index contributed by atoms with van der Waals surface area (Å²) in [6.45, 7) is 2.96. The Morgan fingerprint density at radius 2 is 1.43 bits per heavy atom. The summed E-state index contributed by atoms with van der Waals surface area (Å²) in [6.07, 6.45) is 0. The van der Waals surface area contributed by atoms with Crippen molar-refractivity contribution in [2.45, 2.75) is 13.1 Å². The zero-order chi connectivity index (χ0) is 8.67. The summed E-state index contributed by atoms with van der Waals surface area (Å²) in [5, 5.41) is 4.31. The van der Waals surface area contributed by atoms with Gasteiger partial charge in [-0.3, -0.25) is 0 Å². The molecule has 77 valence electrons. The molecular weight excluding hydrogens is 358 g/mol. The summed E-state index contributed by atoms with van der Waals surface area (Å²) >= 11 is 0. The van der Waals surface area contributed by atoms with Crippen molar-refractivity contribution < 1.29 is 29.6 Å². The number of nitrogens with zero attached hydrogens (tertiary/aromatic N) is 1. The molecule has 1 radical (unpaired) electrons. The minimum atomic E-state index is 0. The number of hydrogen-bond acceptors (Lipinski definition) is 2. The second kappa shape index (κ2) is 3.89. The molecule has 0 N–H and O–H groups in total. The van der Waals surface area contributed by atoms with Gasteiger partial charge in [-0.15, -0.1) is 13.1 Å². The van der Waals surface area contributed by atoms with Crippen LogP contribution in [0.5, 0.6) is 11.5 Å². The van der Waals surface area contributed by atoms with Gasteiger partial charge in [-0.1, -0.05) is 11.1 Å². The van der Waals surface area contributed by atoms with Crippen LogP contribution in [-0.2, 0) is 33.2 Å². The molecule has 0 fully saturated rings. The molecule has 0 atom stereocenters. The fourth-order valence-corrected chi connectivity index (χ4v) is 1.76. The van der Waals surface area contributed by atoms with E-state index in [4.69, 9.17) is 9.47 Å². The van der Waals surface area contributed by atoms with Crippen molar-refractivity contribution in [3.8, 4) is 11.5 Å². The van der Waals surface area contributed by atoms with Gasteiger partial charge in [-0.25, -0.2) is 0 Å². The van der Waals surface area contributed by atoms with Crippen molar-refractivity contribution in [2.75, 3.05) is 13.2 Å². The first-order chi connectivity index (χ1) is 6.43. The molecule has 2 aliphatic rings. The summed E-state index contributed by atoms with van der Waals surface area (Å²) in [7, 11) is 0. The van der Waals surface area contributed by atoms with E-state index in [0.29, 0.717) is 13.2 Å². The third-order valence-electron chi connectivity index (χ3n) is 2.43. The Labute approximate surface area is 96.1 Å². The average Bonchev–Trinajstić information content (AvgIpc) is 2.61. The van der Waals surface area contributed by atoms with E-state index < -0.39 is 0 Å². The Balaban J connectivity index is 0.000000750. The fourth-order valence-electron chi connectivity index (χ4n) is 1.76. The summed E-state index contributed by atoms with van der Waals surface area (Å²) in [5.74, 6) is 1.75. The number of rotatable bonds is 0. The van der Waals surface area contributed by atoms with Gasteiger partial charge in [0.1, 0.15) is 13.2 Å². The Hall–Kier alpha value is -0.571. The summed E-state index contributed by atoms with van der Waals surface area (Å²) in [6, 6.07) is 4.11. The van der Waals surface area contributed by atoms with Gasteiger partial charge in [-0.05, 0) is 12.1 Å². The Kier molecular flexibility index (Phi) is 2.77. The third-order valence-corrected chi connectivity index (χ3v) is 2.43. The number of hydrogen-bond donors (Lipinski definition) is 0. The van der Waals surface area contributed by atoms with Crippen LogP contribution < -0.4 is 9.47 Å². The number of ether oxygens (including phenoxy) is 2. The van der Waals surface area contributed by atoms with E-state index in [1.165, 1.54) is 11.1 Å². The van der Waals surface area contributed by atoms with Gasteiger partial charge in [0.15, 0.2) is 11.5 Å². The Morgan fingerprint density at radius 1 is 0.929 bits per heavy atom. The maximum absolute atomic E-state index is 5.48. The first kappa shape index (κ1) is 9.96. The van der Waals surface area contributed by atoms with Crippen LogP contribution in [0.1, 0.15) is 11.1 Å². The second-order valence-corrected chi connectivity index (χ2v) is 3.30. The van der Waals surface area contributed by atoms with E-state index in [0.717, 1.165) is 24.6 Å². The van der Waals surface area contributed by atoms with Crippen LogP contribution in [0.4, 0.5) is 0 Å². The molecule has 0 amide bonds. The van der Waals surface area contributed by atoms with E-state index >= 15 is 0 Å². The first-order valence-corrected chi connectivity index (χ1v) is 4.48. The molecule has 0 saturated carbocycles. The summed E-state index contributed by atoms with van der Waals surface area (Å²) in [4.78, 5) is 0. The zero-order valence-corrected chi connectivity index (χ0v) is 9.98. The van der Waals surface area contributed by atoms with Crippen molar-refractivity contribution in [1.29, 1.82) is 0 Å². The summed E-state index contributed by atoms with van der Waals surface area (Å²) in [5.41, 5.74) is 2.56. The number of benzene rings is 1. The average molecular weight is 368 g/mol. The van der Waals surface area contributed by atoms with Crippen molar-refractivity contribution >= 4 is 0 Å². The summed E-state index contributed by atoms with van der Waals surface area (Å²) < 4.78 is 11.0. The van der Waals surface area contributed by atoms with Crippen molar-refractivity contribution in [1.82, 2.24) is 0 Å². The molecule has 1 aromatic carbocycles. The Bertz CT molecular complexity index is 321. The quantitative estimate of drug-likeness (QED) is 0.700. The van der Waals surface area contributed by atoms with Gasteiger partial charge in [0.05, 0.1) is 0 Å². The van der Waals surface area contributed by atoms with Crippen molar-refractivity contribution in [3.05, 3.63) is 28.6 Å². The maximum Gasteiger partial charge on any atom is 0.161 e. The largest absolute Gasteiger partial charge is 0.655 e. The molecule has 0 bridgehead atoms. The smallest absolute Gasteiger partial charge is 0.161 e. The van der Waals surface area contributed by atoms with Crippen LogP contribution in [0.2, 0.25) is 0 Å². The molecule has 0 unspecified atom stereocenters. The monoisotopic (exact) mass is 369 g/mol. The van der Waals surface area contributed by atoms with Crippen LogP contribution in [0.25, 0.3) is 5.32 Å². The van der Waals surface area contributed by atoms with E-state index in [2.05, 4.69) is 17.4 Å². The minimum absolute atomic E-state index is 0. The molecule has 14 heavy (non-hydrogen) atoms. The third kappa shape index (κ3) is 1.54. The Morgan fingerprint density at radius 3 is 1.93 bits per heavy atom. The molecule has 2 aliphatic heterocycles. The molecular formula is C10H10IrNO2-. The predicted octanol–water partition coefficient (Wildman–Crippen LogP) is 1.84. The van der Waals surface area contributed by atoms with Gasteiger partial charge >= 0.3 is 0 Å². The van der Waals surface area contributed by atoms with Crippen LogP contribution in [0, 0.1) is 0 Å². The SMILES string of the molecule is [Ir].c1c2c(cc3c1OCCO3)C[N-]C2. The molecule has 0 spiro atoms. The molecule has 3 rings (SSSR count). The maximum atomic E-state index is 5.48. The van der Waals surface area contributed by atoms with E-state index in [1.54, 1.807) is 0 Å². The van der Waals surface area contributed by atoms with Gasteiger partial charge in [0.25, 0.3) is 0 Å². The molecule has 4 heteroatoms. The zero-order valence-electron chi connectivity index (χ0n) is 7.58. The standard InChI is InChI=1S/C10H10NO2.Ir/c1-2-13-10-4-8-6-11-5-7(8)3-9(10)12-1;/h3-4H,1-2,5-6H2;/q-1;. The molecule has 0 aromatic heterocycles. The van der Waals surface area contributed by atoms with E-state index in [-0.39, 0.29) is 20.1 Å². The fraction of sp³-hybridized carbons (Fsp3) is 0.400. The topological polar surface area (TPSA) is 32.6 Å². The van der Waals surface area contributed by atoms with Crippen LogP contribution in [0.15, 0.2) is 12.1 Å². The molecule has 2 heterocycles. The second-order valence-electron chi connectivity index (χ2n) is 3.30. The number of fused-ring (bicyclic) bond motifs is 2. The van der Waals surface area contributed by atoms with Gasteiger partial charge < -0.3 is 14.8 Å². The van der Waals surface area contributed by atoms with Gasteiger partial charge in [0, 0.05) is 20.1 Å². The van der Waals surface area contributed by atoms with E-state index in [1.807, 2.05) is 0 Å². The van der Waals surface area contributed by atoms with Crippen molar-refractivity contribution in [3.63, 3.8) is 0 Å². The van der Waals surface area contributed by atoms with Crippen LogP contribution >= 0.6 is 0 Å². The first-order valence-electron chi connectivity index (χ1n) is 4.48. The van der Waals surface area contributed by atoms with Crippen LogP contribution in [0.3, 0.4) is 0 Å². The van der Waals surface area contributed by atoms with E-state index in [9.17, 15) is 0 Å². The molecule has 1 aromatic rings. The minimum Gasteiger partial charge on any atom is -0.655 e. The predicted molar refractivity (Wildman–Crippen MR) is 48.2 cm³/mol. The van der Waals surface area contributed by atoms with Crippen LogP contribution in [-0.4, -0.2) is 13.2 Å². The molecule has 0 aliphatic carbocycles. The van der Waals surface area contributed by atoms with Crippen molar-refractivity contribution in [2.24, 2.45) is 0 Å². The molecule has 3 nitrogen and oxygen atoms in total.